The summed E-state index contributed by atoms with van der Waals surface area (Å²) in [6.45, 7) is 1.45. The van der Waals surface area contributed by atoms with Crippen LogP contribution in [-0.4, -0.2) is 18.2 Å². The van der Waals surface area contributed by atoms with Gasteiger partial charge in [0.2, 0.25) is 0 Å². The highest BCUT2D eigenvalue weighted by atomic mass is 19.1. The number of carbonyl (C=O) groups is 1. The summed E-state index contributed by atoms with van der Waals surface area (Å²) in [4.78, 5) is 12.7. The fourth-order valence-electron chi connectivity index (χ4n) is 2.02. The van der Waals surface area contributed by atoms with Crippen LogP contribution in [0.5, 0.6) is 0 Å². The van der Waals surface area contributed by atoms with Gasteiger partial charge in [0, 0.05) is 18.7 Å². The minimum atomic E-state index is -0.207. The summed E-state index contributed by atoms with van der Waals surface area (Å²) in [5.74, 6) is -0.207. The lowest BCUT2D eigenvalue weighted by atomic mass is 10.1. The van der Waals surface area contributed by atoms with Crippen molar-refractivity contribution in [3.05, 3.63) is 71.0 Å². The van der Waals surface area contributed by atoms with Crippen LogP contribution in [0.4, 0.5) is 4.39 Å². The molecule has 2 aromatic carbocycles. The maximum atomic E-state index is 13.1. The zero-order valence-corrected chi connectivity index (χ0v) is 10.8. The van der Waals surface area contributed by atoms with Gasteiger partial charge in [-0.25, -0.2) is 4.39 Å². The van der Waals surface area contributed by atoms with E-state index < -0.39 is 0 Å². The predicted octanol–water partition coefficient (Wildman–Crippen LogP) is 3.27. The Morgan fingerprint density at radius 2 is 1.74 bits per heavy atom. The van der Waals surface area contributed by atoms with E-state index in [0.29, 0.717) is 12.1 Å². The van der Waals surface area contributed by atoms with Crippen molar-refractivity contribution in [2.24, 2.45) is 0 Å². The Kier molecular flexibility index (Phi) is 4.42. The fourth-order valence-corrected chi connectivity index (χ4v) is 2.02. The molecule has 0 fully saturated rings. The number of benzene rings is 2. The van der Waals surface area contributed by atoms with Crippen LogP contribution in [0.2, 0.25) is 0 Å². The third-order valence-corrected chi connectivity index (χ3v) is 2.91. The van der Waals surface area contributed by atoms with E-state index in [-0.39, 0.29) is 5.82 Å². The maximum Gasteiger partial charge on any atom is 0.150 e. The summed E-state index contributed by atoms with van der Waals surface area (Å²) in [6.07, 6.45) is 0.834. The molecule has 0 aromatic heterocycles. The van der Waals surface area contributed by atoms with E-state index in [1.807, 2.05) is 25.2 Å². The molecule has 2 aromatic rings. The van der Waals surface area contributed by atoms with E-state index in [1.54, 1.807) is 24.3 Å². The summed E-state index contributed by atoms with van der Waals surface area (Å²) < 4.78 is 13.1. The van der Waals surface area contributed by atoms with Crippen LogP contribution in [0, 0.1) is 5.82 Å². The average Bonchev–Trinajstić information content (AvgIpc) is 2.39. The van der Waals surface area contributed by atoms with E-state index in [0.717, 1.165) is 24.0 Å². The van der Waals surface area contributed by atoms with Crippen molar-refractivity contribution in [2.45, 2.75) is 13.1 Å². The van der Waals surface area contributed by atoms with Crippen molar-refractivity contribution in [3.63, 3.8) is 0 Å². The number of carbonyl (C=O) groups excluding carboxylic acids is 1. The molecule has 3 heteroatoms. The van der Waals surface area contributed by atoms with E-state index in [9.17, 15) is 9.18 Å². The van der Waals surface area contributed by atoms with E-state index in [4.69, 9.17) is 0 Å². The quantitative estimate of drug-likeness (QED) is 0.766. The van der Waals surface area contributed by atoms with Crippen molar-refractivity contribution in [3.8, 4) is 0 Å². The molecule has 0 aliphatic rings. The van der Waals surface area contributed by atoms with Gasteiger partial charge in [0.1, 0.15) is 12.1 Å². The summed E-state index contributed by atoms with van der Waals surface area (Å²) in [5, 5.41) is 0. The van der Waals surface area contributed by atoms with Crippen LogP contribution in [0.1, 0.15) is 21.5 Å². The lowest BCUT2D eigenvalue weighted by Crippen LogP contribution is -2.17. The highest BCUT2D eigenvalue weighted by Gasteiger charge is 2.03. The molecule has 0 atom stereocenters. The molecule has 0 unspecified atom stereocenters. The van der Waals surface area contributed by atoms with Gasteiger partial charge in [-0.2, -0.15) is 0 Å². The topological polar surface area (TPSA) is 20.3 Å². The van der Waals surface area contributed by atoms with Crippen LogP contribution in [0.25, 0.3) is 0 Å². The molecule has 2 nitrogen and oxygen atoms in total. The first-order valence-electron chi connectivity index (χ1n) is 6.14. The van der Waals surface area contributed by atoms with Crippen LogP contribution >= 0.6 is 0 Å². The Labute approximate surface area is 112 Å². The number of hydrogen-bond acceptors (Lipinski definition) is 2. The number of halogens is 1. The predicted molar refractivity (Wildman–Crippen MR) is 73.4 cm³/mol. The third kappa shape index (κ3) is 4.00. The van der Waals surface area contributed by atoms with Crippen molar-refractivity contribution in [2.75, 3.05) is 7.05 Å². The van der Waals surface area contributed by atoms with Gasteiger partial charge in [0.15, 0.2) is 0 Å². The number of nitrogens with zero attached hydrogens (tertiary/aromatic N) is 1. The summed E-state index contributed by atoms with van der Waals surface area (Å²) in [7, 11) is 1.98. The van der Waals surface area contributed by atoms with Gasteiger partial charge in [-0.05, 0) is 30.3 Å². The second-order valence-corrected chi connectivity index (χ2v) is 4.66. The highest BCUT2D eigenvalue weighted by Crippen LogP contribution is 2.10. The van der Waals surface area contributed by atoms with Gasteiger partial charge < -0.3 is 0 Å². The molecule has 19 heavy (non-hydrogen) atoms. The largest absolute Gasteiger partial charge is 0.298 e. The number of aldehydes is 1. The molecule has 0 heterocycles. The Morgan fingerprint density at radius 3 is 2.37 bits per heavy atom. The molecule has 0 spiro atoms. The lowest BCUT2D eigenvalue weighted by molar-refractivity contribution is 0.112. The Morgan fingerprint density at radius 1 is 1.05 bits per heavy atom. The van der Waals surface area contributed by atoms with Crippen molar-refractivity contribution in [1.29, 1.82) is 0 Å². The zero-order valence-electron chi connectivity index (χ0n) is 10.8. The van der Waals surface area contributed by atoms with Gasteiger partial charge >= 0.3 is 0 Å². The minimum Gasteiger partial charge on any atom is -0.298 e. The molecule has 98 valence electrons. The van der Waals surface area contributed by atoms with Gasteiger partial charge in [0.05, 0.1) is 0 Å². The van der Waals surface area contributed by atoms with Gasteiger partial charge in [-0.15, -0.1) is 0 Å². The van der Waals surface area contributed by atoms with Crippen molar-refractivity contribution >= 4 is 6.29 Å². The Bertz CT molecular complexity index is 551. The highest BCUT2D eigenvalue weighted by molar-refractivity contribution is 5.74. The standard InChI is InChI=1S/C16H16FNO/c1-18(11-15-3-2-4-16(17)9-15)10-13-5-7-14(12-19)8-6-13/h2-9,12H,10-11H2,1H3. The molecular formula is C16H16FNO. The van der Waals surface area contributed by atoms with Crippen molar-refractivity contribution in [1.82, 2.24) is 4.90 Å². The third-order valence-electron chi connectivity index (χ3n) is 2.91. The smallest absolute Gasteiger partial charge is 0.150 e. The lowest BCUT2D eigenvalue weighted by Gasteiger charge is -2.17. The van der Waals surface area contributed by atoms with Gasteiger partial charge in [0.25, 0.3) is 0 Å². The molecule has 0 bridgehead atoms. The maximum absolute atomic E-state index is 13.1. The molecule has 0 amide bonds. The second-order valence-electron chi connectivity index (χ2n) is 4.66. The Hall–Kier alpha value is -2.00. The molecule has 0 aliphatic carbocycles. The molecule has 0 N–H and O–H groups in total. The zero-order chi connectivity index (χ0) is 13.7. The first-order chi connectivity index (χ1) is 9.17. The van der Waals surface area contributed by atoms with Crippen LogP contribution < -0.4 is 0 Å². The monoisotopic (exact) mass is 257 g/mol. The summed E-state index contributed by atoms with van der Waals surface area (Å²) >= 11 is 0. The first-order valence-corrected chi connectivity index (χ1v) is 6.14. The fraction of sp³-hybridized carbons (Fsp3) is 0.188. The van der Waals surface area contributed by atoms with Crippen molar-refractivity contribution < 1.29 is 9.18 Å². The van der Waals surface area contributed by atoms with Crippen LogP contribution in [0.15, 0.2) is 48.5 Å². The summed E-state index contributed by atoms with van der Waals surface area (Å²) in [5.41, 5.74) is 2.76. The minimum absolute atomic E-state index is 0.207. The van der Waals surface area contributed by atoms with E-state index in [2.05, 4.69) is 4.90 Å². The number of hydrogen-bond donors (Lipinski definition) is 0. The SMILES string of the molecule is CN(Cc1ccc(C=O)cc1)Cc1cccc(F)c1. The van der Waals surface area contributed by atoms with Gasteiger partial charge in [-0.1, -0.05) is 36.4 Å². The molecule has 2 rings (SSSR count). The van der Waals surface area contributed by atoms with Gasteiger partial charge in [-0.3, -0.25) is 9.69 Å². The molecular weight excluding hydrogens is 241 g/mol. The normalized spacial score (nSPS) is 10.7. The van der Waals surface area contributed by atoms with Crippen LogP contribution in [-0.2, 0) is 13.1 Å². The van der Waals surface area contributed by atoms with E-state index >= 15 is 0 Å². The van der Waals surface area contributed by atoms with Crippen LogP contribution in [0.3, 0.4) is 0 Å². The average molecular weight is 257 g/mol. The number of rotatable bonds is 5. The second kappa shape index (κ2) is 6.25. The first kappa shape index (κ1) is 13.4. The Balaban J connectivity index is 1.96. The van der Waals surface area contributed by atoms with E-state index in [1.165, 1.54) is 6.07 Å². The molecule has 0 radical (unpaired) electrons. The molecule has 0 saturated heterocycles. The summed E-state index contributed by atoms with van der Waals surface area (Å²) in [6, 6.07) is 14.1. The molecule has 0 saturated carbocycles. The molecule has 0 aliphatic heterocycles.